The van der Waals surface area contributed by atoms with Crippen molar-refractivity contribution in [2.45, 2.75) is 6.61 Å². The Kier molecular flexibility index (Phi) is 4.16. The van der Waals surface area contributed by atoms with Gasteiger partial charge < -0.3 is 4.74 Å². The van der Waals surface area contributed by atoms with Crippen LogP contribution in [0.4, 0.5) is 0 Å². The van der Waals surface area contributed by atoms with Crippen molar-refractivity contribution in [3.63, 3.8) is 0 Å². The summed E-state index contributed by atoms with van der Waals surface area (Å²) in [5.41, 5.74) is 4.92. The molecule has 4 aromatic rings. The van der Waals surface area contributed by atoms with Crippen LogP contribution in [-0.2, 0) is 6.61 Å². The Morgan fingerprint density at radius 1 is 1.04 bits per heavy atom. The topological polar surface area (TPSA) is 39.4 Å². The minimum Gasteiger partial charge on any atom is -0.472 e. The van der Waals surface area contributed by atoms with Crippen LogP contribution < -0.4 is 10.2 Å². The molecule has 0 unspecified atom stereocenters. The number of rotatable bonds is 4. The second kappa shape index (κ2) is 6.61. The molecule has 25 heavy (non-hydrogen) atoms. The van der Waals surface area contributed by atoms with E-state index in [9.17, 15) is 0 Å². The third kappa shape index (κ3) is 3.37. The Morgan fingerprint density at radius 3 is 2.76 bits per heavy atom. The summed E-state index contributed by atoms with van der Waals surface area (Å²) >= 11 is 6.10. The number of fused-ring (bicyclic) bond motifs is 1. The number of imidazole rings is 1. The summed E-state index contributed by atoms with van der Waals surface area (Å²) < 4.78 is 7.63. The lowest BCUT2D eigenvalue weighted by atomic mass is 9.95. The fraction of sp³-hybridized carbons (Fsp3) is 0.0526. The van der Waals surface area contributed by atoms with Gasteiger partial charge in [-0.05, 0) is 23.8 Å². The van der Waals surface area contributed by atoms with E-state index in [0.717, 1.165) is 22.5 Å². The number of halogens is 1. The zero-order chi connectivity index (χ0) is 17.2. The minimum absolute atomic E-state index is 0.474. The van der Waals surface area contributed by atoms with E-state index in [4.69, 9.17) is 16.3 Å². The molecule has 0 saturated heterocycles. The van der Waals surface area contributed by atoms with E-state index in [1.54, 1.807) is 10.7 Å². The molecule has 0 atom stereocenters. The molecule has 6 heteroatoms. The van der Waals surface area contributed by atoms with E-state index in [1.165, 1.54) is 5.46 Å². The highest BCUT2D eigenvalue weighted by atomic mass is 35.5. The average Bonchev–Trinajstić information content (AvgIpc) is 3.03. The molecule has 4 rings (SSSR count). The van der Waals surface area contributed by atoms with Gasteiger partial charge in [-0.2, -0.15) is 0 Å². The first-order valence-electron chi connectivity index (χ1n) is 7.98. The maximum absolute atomic E-state index is 6.10. The van der Waals surface area contributed by atoms with Crippen LogP contribution >= 0.6 is 11.6 Å². The lowest BCUT2D eigenvalue weighted by molar-refractivity contribution is 0.289. The molecule has 0 radical (unpaired) electrons. The molecule has 4 nitrogen and oxygen atoms in total. The molecule has 2 heterocycles. The molecule has 122 valence electrons. The summed E-state index contributed by atoms with van der Waals surface area (Å²) in [5, 5.41) is 5.25. The van der Waals surface area contributed by atoms with Crippen LogP contribution in [0.25, 0.3) is 16.9 Å². The maximum atomic E-state index is 6.10. The summed E-state index contributed by atoms with van der Waals surface area (Å²) in [6, 6.07) is 19.6. The first-order valence-corrected chi connectivity index (χ1v) is 8.36. The SMILES string of the molecule is Bc1cccc(COc2ccc3ncc(-c4cccc(Cl)c4)n3n2)c1. The summed E-state index contributed by atoms with van der Waals surface area (Å²) in [6.07, 6.45) is 1.79. The molecule has 0 spiro atoms. The van der Waals surface area contributed by atoms with Crippen molar-refractivity contribution in [1.82, 2.24) is 14.6 Å². The fourth-order valence-corrected chi connectivity index (χ4v) is 2.93. The van der Waals surface area contributed by atoms with Crippen LogP contribution in [-0.4, -0.2) is 22.4 Å². The first kappa shape index (κ1) is 15.7. The zero-order valence-electron chi connectivity index (χ0n) is 13.7. The Morgan fingerprint density at radius 2 is 1.92 bits per heavy atom. The molecule has 2 aromatic carbocycles. The molecule has 2 aromatic heterocycles. The highest BCUT2D eigenvalue weighted by Gasteiger charge is 2.09. The number of nitrogens with zero attached hydrogens (tertiary/aromatic N) is 3. The average molecular weight is 348 g/mol. The van der Waals surface area contributed by atoms with Gasteiger partial charge in [0.15, 0.2) is 5.65 Å². The quantitative estimate of drug-likeness (QED) is 0.533. The van der Waals surface area contributed by atoms with Gasteiger partial charge in [0.05, 0.1) is 11.9 Å². The van der Waals surface area contributed by atoms with Gasteiger partial charge in [0.1, 0.15) is 14.5 Å². The van der Waals surface area contributed by atoms with Crippen molar-refractivity contribution in [1.29, 1.82) is 0 Å². The largest absolute Gasteiger partial charge is 0.472 e. The highest BCUT2D eigenvalue weighted by molar-refractivity contribution is 6.32. The Labute approximate surface area is 151 Å². The van der Waals surface area contributed by atoms with E-state index in [0.29, 0.717) is 17.5 Å². The van der Waals surface area contributed by atoms with E-state index in [1.807, 2.05) is 48.5 Å². The van der Waals surface area contributed by atoms with Gasteiger partial charge in [-0.15, -0.1) is 5.10 Å². The van der Waals surface area contributed by atoms with Gasteiger partial charge in [0.25, 0.3) is 0 Å². The molecule has 0 aliphatic heterocycles. The van der Waals surface area contributed by atoms with Crippen molar-refractivity contribution in [3.8, 4) is 17.1 Å². The van der Waals surface area contributed by atoms with Gasteiger partial charge >= 0.3 is 0 Å². The molecule has 0 aliphatic rings. The van der Waals surface area contributed by atoms with Crippen molar-refractivity contribution in [2.75, 3.05) is 0 Å². The number of hydrogen-bond donors (Lipinski definition) is 0. The van der Waals surface area contributed by atoms with E-state index in [-0.39, 0.29) is 0 Å². The van der Waals surface area contributed by atoms with Crippen LogP contribution in [0.1, 0.15) is 5.56 Å². The predicted octanol–water partition coefficient (Wildman–Crippen LogP) is 2.89. The summed E-state index contributed by atoms with van der Waals surface area (Å²) in [4.78, 5) is 4.40. The predicted molar refractivity (Wildman–Crippen MR) is 102 cm³/mol. The molecule has 0 saturated carbocycles. The summed E-state index contributed by atoms with van der Waals surface area (Å²) in [5.74, 6) is 0.551. The Balaban J connectivity index is 1.64. The maximum Gasteiger partial charge on any atom is 0.232 e. The third-order valence-corrected chi connectivity index (χ3v) is 4.16. The Bertz CT molecular complexity index is 1050. The van der Waals surface area contributed by atoms with Crippen LogP contribution in [0.15, 0.2) is 66.9 Å². The molecule has 0 aliphatic carbocycles. The third-order valence-electron chi connectivity index (χ3n) is 3.93. The van der Waals surface area contributed by atoms with Crippen molar-refractivity contribution in [2.24, 2.45) is 0 Å². The molecular formula is C19H15BClN3O. The van der Waals surface area contributed by atoms with Crippen LogP contribution in [0, 0.1) is 0 Å². The lowest BCUT2D eigenvalue weighted by Gasteiger charge is -2.07. The second-order valence-electron chi connectivity index (χ2n) is 5.87. The minimum atomic E-state index is 0.474. The number of aromatic nitrogens is 3. The van der Waals surface area contributed by atoms with Gasteiger partial charge in [0.2, 0.25) is 5.88 Å². The van der Waals surface area contributed by atoms with Crippen LogP contribution in [0.5, 0.6) is 5.88 Å². The monoisotopic (exact) mass is 347 g/mol. The zero-order valence-corrected chi connectivity index (χ0v) is 14.4. The number of benzene rings is 2. The molecule has 0 bridgehead atoms. The van der Waals surface area contributed by atoms with Gasteiger partial charge in [0, 0.05) is 16.7 Å². The summed E-state index contributed by atoms with van der Waals surface area (Å²) in [6.45, 7) is 0.474. The summed E-state index contributed by atoms with van der Waals surface area (Å²) in [7, 11) is 2.07. The number of ether oxygens (including phenoxy) is 1. The molecule has 0 N–H and O–H groups in total. The van der Waals surface area contributed by atoms with Gasteiger partial charge in [-0.3, -0.25) is 0 Å². The lowest BCUT2D eigenvalue weighted by Crippen LogP contribution is -2.06. The fourth-order valence-electron chi connectivity index (χ4n) is 2.74. The van der Waals surface area contributed by atoms with Crippen molar-refractivity contribution in [3.05, 3.63) is 77.4 Å². The number of hydrogen-bond acceptors (Lipinski definition) is 3. The second-order valence-corrected chi connectivity index (χ2v) is 6.31. The highest BCUT2D eigenvalue weighted by Crippen LogP contribution is 2.24. The standard InChI is InChI=1S/C19H15BClN3O/c20-15-5-1-3-13(9-15)12-25-19-8-7-18-22-11-17(24(18)23-19)14-4-2-6-16(21)10-14/h1-11H,12,20H2. The van der Waals surface area contributed by atoms with Crippen LogP contribution in [0.3, 0.4) is 0 Å². The van der Waals surface area contributed by atoms with E-state index >= 15 is 0 Å². The van der Waals surface area contributed by atoms with Crippen molar-refractivity contribution < 1.29 is 4.74 Å². The Hall–Kier alpha value is -2.79. The smallest absolute Gasteiger partial charge is 0.232 e. The normalized spacial score (nSPS) is 10.9. The molecular weight excluding hydrogens is 332 g/mol. The van der Waals surface area contributed by atoms with Gasteiger partial charge in [-0.1, -0.05) is 53.5 Å². The van der Waals surface area contributed by atoms with Crippen molar-refractivity contribution >= 4 is 30.6 Å². The van der Waals surface area contributed by atoms with E-state index < -0.39 is 0 Å². The van der Waals surface area contributed by atoms with E-state index in [2.05, 4.69) is 30.1 Å². The van der Waals surface area contributed by atoms with Crippen LogP contribution in [0.2, 0.25) is 5.02 Å². The molecule has 0 amide bonds. The molecule has 0 fully saturated rings. The first-order chi connectivity index (χ1) is 12.2. The van der Waals surface area contributed by atoms with Gasteiger partial charge in [-0.25, -0.2) is 9.50 Å².